The molecule has 1 fully saturated rings. The lowest BCUT2D eigenvalue weighted by atomic mass is 10.2. The van der Waals surface area contributed by atoms with Crippen LogP contribution in [0.5, 0.6) is 0 Å². The highest BCUT2D eigenvalue weighted by atomic mass is 16.6. The maximum absolute atomic E-state index is 11.9. The molecule has 114 valence electrons. The van der Waals surface area contributed by atoms with Gasteiger partial charge in [0.05, 0.1) is 6.10 Å². The third kappa shape index (κ3) is 4.69. The molecule has 2 amide bonds. The van der Waals surface area contributed by atoms with E-state index in [9.17, 15) is 19.5 Å². The van der Waals surface area contributed by atoms with Crippen LogP contribution in [0.2, 0.25) is 0 Å². The van der Waals surface area contributed by atoms with Gasteiger partial charge in [-0.3, -0.25) is 4.79 Å². The van der Waals surface area contributed by atoms with Crippen LogP contribution in [0.25, 0.3) is 0 Å². The number of β-amino-alcohol motifs (C(OH)–C–C–N with tert-alkyl or cyclic N) is 1. The molecule has 0 aliphatic carbocycles. The van der Waals surface area contributed by atoms with E-state index in [-0.39, 0.29) is 19.5 Å². The average Bonchev–Trinajstić information content (AvgIpc) is 2.66. The number of amides is 2. The molecule has 0 saturated carbocycles. The van der Waals surface area contributed by atoms with Crippen LogP contribution in [0.1, 0.15) is 27.2 Å². The summed E-state index contributed by atoms with van der Waals surface area (Å²) in [5, 5.41) is 20.7. The largest absolute Gasteiger partial charge is 0.480 e. The maximum atomic E-state index is 11.9. The number of nitrogens with one attached hydrogen (secondary N) is 1. The highest BCUT2D eigenvalue weighted by molar-refractivity contribution is 5.87. The lowest BCUT2D eigenvalue weighted by Crippen LogP contribution is -2.46. The van der Waals surface area contributed by atoms with Crippen LogP contribution in [-0.4, -0.2) is 63.9 Å². The van der Waals surface area contributed by atoms with E-state index in [0.29, 0.717) is 0 Å². The minimum Gasteiger partial charge on any atom is -0.480 e. The van der Waals surface area contributed by atoms with Crippen molar-refractivity contribution in [3.8, 4) is 0 Å². The number of carboxylic acids is 1. The van der Waals surface area contributed by atoms with Gasteiger partial charge in [-0.25, -0.2) is 9.59 Å². The Morgan fingerprint density at radius 1 is 1.35 bits per heavy atom. The van der Waals surface area contributed by atoms with Gasteiger partial charge in [0.2, 0.25) is 5.91 Å². The number of rotatable bonds is 3. The Balaban J connectivity index is 2.50. The van der Waals surface area contributed by atoms with Gasteiger partial charge in [-0.05, 0) is 20.8 Å². The molecule has 1 aliphatic heterocycles. The van der Waals surface area contributed by atoms with Crippen molar-refractivity contribution >= 4 is 18.0 Å². The second kappa shape index (κ2) is 6.08. The van der Waals surface area contributed by atoms with Crippen LogP contribution < -0.4 is 5.32 Å². The van der Waals surface area contributed by atoms with Crippen molar-refractivity contribution in [3.63, 3.8) is 0 Å². The van der Waals surface area contributed by atoms with Crippen molar-refractivity contribution in [1.29, 1.82) is 0 Å². The average molecular weight is 288 g/mol. The van der Waals surface area contributed by atoms with Crippen LogP contribution in [0.4, 0.5) is 4.79 Å². The van der Waals surface area contributed by atoms with Gasteiger partial charge in [-0.15, -0.1) is 0 Å². The monoisotopic (exact) mass is 288 g/mol. The second-order valence-corrected chi connectivity index (χ2v) is 5.65. The van der Waals surface area contributed by atoms with Crippen molar-refractivity contribution in [2.75, 3.05) is 13.1 Å². The molecule has 8 nitrogen and oxygen atoms in total. The van der Waals surface area contributed by atoms with Crippen molar-refractivity contribution in [1.82, 2.24) is 10.2 Å². The topological polar surface area (TPSA) is 116 Å². The molecule has 0 aromatic carbocycles. The van der Waals surface area contributed by atoms with Gasteiger partial charge in [0.1, 0.15) is 18.2 Å². The summed E-state index contributed by atoms with van der Waals surface area (Å²) in [6, 6.07) is -1.06. The highest BCUT2D eigenvalue weighted by Gasteiger charge is 2.38. The standard InChI is InChI=1S/C12H20N2O6/c1-12(2,3)20-11(19)13-5-9(16)14-6-7(15)4-8(14)10(17)18/h7-8,15H,4-6H2,1-3H3,(H,13,19)(H,17,18)/t7?,8-/m0/s1. The molecule has 0 aromatic heterocycles. The summed E-state index contributed by atoms with van der Waals surface area (Å²) in [4.78, 5) is 35.3. The van der Waals surface area contributed by atoms with Crippen molar-refractivity contribution < 1.29 is 29.3 Å². The van der Waals surface area contributed by atoms with Gasteiger partial charge < -0.3 is 25.2 Å². The number of aliphatic hydroxyl groups excluding tert-OH is 1. The van der Waals surface area contributed by atoms with Crippen LogP contribution in [-0.2, 0) is 14.3 Å². The lowest BCUT2D eigenvalue weighted by Gasteiger charge is -2.22. The molecule has 1 saturated heterocycles. The smallest absolute Gasteiger partial charge is 0.408 e. The number of hydrogen-bond donors (Lipinski definition) is 3. The second-order valence-electron chi connectivity index (χ2n) is 5.65. The third-order valence-electron chi connectivity index (χ3n) is 2.67. The fourth-order valence-corrected chi connectivity index (χ4v) is 1.89. The SMILES string of the molecule is CC(C)(C)OC(=O)NCC(=O)N1CC(O)C[C@H]1C(=O)O. The van der Waals surface area contributed by atoms with Gasteiger partial charge in [0.25, 0.3) is 0 Å². The Hall–Kier alpha value is -1.83. The quantitative estimate of drug-likeness (QED) is 0.648. The summed E-state index contributed by atoms with van der Waals surface area (Å²) in [5.41, 5.74) is -0.680. The number of aliphatic hydroxyl groups is 1. The molecule has 1 unspecified atom stereocenters. The van der Waals surface area contributed by atoms with Gasteiger partial charge in [-0.2, -0.15) is 0 Å². The lowest BCUT2D eigenvalue weighted by molar-refractivity contribution is -0.147. The molecule has 0 bridgehead atoms. The Morgan fingerprint density at radius 2 is 1.95 bits per heavy atom. The number of carboxylic acid groups (broad SMARTS) is 1. The highest BCUT2D eigenvalue weighted by Crippen LogP contribution is 2.18. The molecule has 20 heavy (non-hydrogen) atoms. The molecule has 1 heterocycles. The molecule has 2 atom stereocenters. The van der Waals surface area contributed by atoms with Gasteiger partial charge in [0.15, 0.2) is 0 Å². The Morgan fingerprint density at radius 3 is 2.45 bits per heavy atom. The molecule has 1 rings (SSSR count). The molecule has 0 radical (unpaired) electrons. The fourth-order valence-electron chi connectivity index (χ4n) is 1.89. The Bertz CT molecular complexity index is 403. The molecule has 0 aromatic rings. The van der Waals surface area contributed by atoms with Gasteiger partial charge in [-0.1, -0.05) is 0 Å². The number of ether oxygens (including phenoxy) is 1. The van der Waals surface area contributed by atoms with Crippen LogP contribution in [0, 0.1) is 0 Å². The molecular weight excluding hydrogens is 268 g/mol. The molecule has 1 aliphatic rings. The molecule has 8 heteroatoms. The zero-order valence-electron chi connectivity index (χ0n) is 11.8. The maximum Gasteiger partial charge on any atom is 0.408 e. The molecule has 3 N–H and O–H groups in total. The molecule has 0 spiro atoms. The summed E-state index contributed by atoms with van der Waals surface area (Å²) in [6.07, 6.45) is -1.62. The van der Waals surface area contributed by atoms with Gasteiger partial charge in [0, 0.05) is 13.0 Å². The zero-order chi connectivity index (χ0) is 15.5. The Kier molecular flexibility index (Phi) is 4.93. The van der Waals surface area contributed by atoms with E-state index in [4.69, 9.17) is 9.84 Å². The number of carbonyl (C=O) groups is 3. The first-order valence-corrected chi connectivity index (χ1v) is 6.27. The predicted molar refractivity (Wildman–Crippen MR) is 68.0 cm³/mol. The van der Waals surface area contributed by atoms with Crippen molar-refractivity contribution in [2.24, 2.45) is 0 Å². The number of alkyl carbamates (subject to hydrolysis) is 1. The van der Waals surface area contributed by atoms with Crippen LogP contribution in [0.3, 0.4) is 0 Å². The van der Waals surface area contributed by atoms with Crippen LogP contribution in [0.15, 0.2) is 0 Å². The van der Waals surface area contributed by atoms with E-state index >= 15 is 0 Å². The first-order valence-electron chi connectivity index (χ1n) is 6.27. The third-order valence-corrected chi connectivity index (χ3v) is 2.67. The minimum absolute atomic E-state index is 0.00644. The summed E-state index contributed by atoms with van der Waals surface area (Å²) in [7, 11) is 0. The molecular formula is C12H20N2O6. The summed E-state index contributed by atoms with van der Waals surface area (Å²) in [5.74, 6) is -1.74. The minimum atomic E-state index is -1.17. The van der Waals surface area contributed by atoms with E-state index in [0.717, 1.165) is 4.90 Å². The van der Waals surface area contributed by atoms with Crippen molar-refractivity contribution in [3.05, 3.63) is 0 Å². The Labute approximate surface area is 116 Å². The zero-order valence-corrected chi connectivity index (χ0v) is 11.8. The first kappa shape index (κ1) is 16.2. The van der Waals surface area contributed by atoms with Crippen LogP contribution >= 0.6 is 0 Å². The number of likely N-dealkylation sites (tertiary alicyclic amines) is 1. The van der Waals surface area contributed by atoms with E-state index in [1.807, 2.05) is 0 Å². The number of nitrogens with zero attached hydrogens (tertiary/aromatic N) is 1. The summed E-state index contributed by atoms with van der Waals surface area (Å²) >= 11 is 0. The van der Waals surface area contributed by atoms with E-state index < -0.39 is 35.7 Å². The fraction of sp³-hybridized carbons (Fsp3) is 0.750. The predicted octanol–water partition coefficient (Wildman–Crippen LogP) is -0.442. The van der Waals surface area contributed by atoms with E-state index in [1.54, 1.807) is 20.8 Å². The van der Waals surface area contributed by atoms with Gasteiger partial charge >= 0.3 is 12.1 Å². The number of aliphatic carboxylic acids is 1. The normalized spacial score (nSPS) is 22.5. The number of hydrogen-bond acceptors (Lipinski definition) is 5. The van der Waals surface area contributed by atoms with Crippen molar-refractivity contribution in [2.45, 2.75) is 44.9 Å². The van der Waals surface area contributed by atoms with E-state index in [2.05, 4.69) is 5.32 Å². The first-order chi connectivity index (χ1) is 9.10. The summed E-state index contributed by atoms with van der Waals surface area (Å²) in [6.45, 7) is 4.64. The number of carbonyl (C=O) groups excluding carboxylic acids is 2. The summed E-state index contributed by atoms with van der Waals surface area (Å²) < 4.78 is 4.96. The van der Waals surface area contributed by atoms with E-state index in [1.165, 1.54) is 0 Å².